The fourth-order valence-corrected chi connectivity index (χ4v) is 5.16. The zero-order chi connectivity index (χ0) is 21.2. The number of sulfonamides is 1. The summed E-state index contributed by atoms with van der Waals surface area (Å²) in [5, 5.41) is 2.90. The van der Waals surface area contributed by atoms with E-state index in [2.05, 4.69) is 5.32 Å². The Bertz CT molecular complexity index is 1020. The topological polar surface area (TPSA) is 84.9 Å². The normalized spacial score (nSPS) is 17.2. The minimum absolute atomic E-state index is 0.0709. The summed E-state index contributed by atoms with van der Waals surface area (Å²) >= 11 is 0. The number of amides is 1. The van der Waals surface area contributed by atoms with Crippen LogP contribution in [0.1, 0.15) is 24.0 Å². The molecule has 2 aromatic carbocycles. The molecule has 1 fully saturated rings. The summed E-state index contributed by atoms with van der Waals surface area (Å²) in [6.07, 6.45) is 1.10. The maximum Gasteiger partial charge on any atom is 0.243 e. The van der Waals surface area contributed by atoms with Gasteiger partial charge in [0, 0.05) is 18.3 Å². The van der Waals surface area contributed by atoms with Crippen molar-refractivity contribution in [1.29, 1.82) is 0 Å². The lowest BCUT2D eigenvalue weighted by atomic mass is 10.1. The molecule has 1 N–H and O–H groups in total. The minimum atomic E-state index is -3.86. The van der Waals surface area contributed by atoms with Crippen molar-refractivity contribution in [3.8, 4) is 11.5 Å². The highest BCUT2D eigenvalue weighted by Gasteiger charge is 2.39. The third-order valence-corrected chi connectivity index (χ3v) is 7.02. The van der Waals surface area contributed by atoms with Crippen molar-refractivity contribution < 1.29 is 22.7 Å². The molecule has 7 nitrogen and oxygen atoms in total. The molecule has 1 aliphatic heterocycles. The number of methoxy groups -OCH3 is 2. The lowest BCUT2D eigenvalue weighted by Gasteiger charge is -2.24. The Morgan fingerprint density at radius 2 is 1.79 bits per heavy atom. The van der Waals surface area contributed by atoms with Gasteiger partial charge in [-0.2, -0.15) is 4.31 Å². The summed E-state index contributed by atoms with van der Waals surface area (Å²) in [5.41, 5.74) is 2.65. The Morgan fingerprint density at radius 1 is 1.07 bits per heavy atom. The molecular weight excluding hydrogens is 392 g/mol. The van der Waals surface area contributed by atoms with Gasteiger partial charge >= 0.3 is 0 Å². The number of ether oxygens (including phenoxy) is 2. The van der Waals surface area contributed by atoms with Gasteiger partial charge in [-0.25, -0.2) is 8.42 Å². The van der Waals surface area contributed by atoms with Crippen LogP contribution in [0.3, 0.4) is 0 Å². The van der Waals surface area contributed by atoms with E-state index in [0.717, 1.165) is 11.1 Å². The molecule has 0 bridgehead atoms. The smallest absolute Gasteiger partial charge is 0.243 e. The van der Waals surface area contributed by atoms with Gasteiger partial charge in [-0.05, 0) is 56.0 Å². The Balaban J connectivity index is 1.87. The summed E-state index contributed by atoms with van der Waals surface area (Å²) in [7, 11) is -0.929. The van der Waals surface area contributed by atoms with Gasteiger partial charge in [0.05, 0.1) is 19.1 Å². The number of aryl methyl sites for hydroxylation is 2. The van der Waals surface area contributed by atoms with Crippen LogP contribution >= 0.6 is 0 Å². The van der Waals surface area contributed by atoms with Crippen molar-refractivity contribution >= 4 is 21.6 Å². The van der Waals surface area contributed by atoms with E-state index in [1.165, 1.54) is 30.7 Å². The molecule has 0 aliphatic carbocycles. The highest BCUT2D eigenvalue weighted by atomic mass is 32.2. The molecule has 1 atom stereocenters. The fourth-order valence-electron chi connectivity index (χ4n) is 3.49. The number of benzene rings is 2. The Morgan fingerprint density at radius 3 is 2.48 bits per heavy atom. The molecule has 1 saturated heterocycles. The molecule has 0 spiro atoms. The van der Waals surface area contributed by atoms with E-state index in [1.807, 2.05) is 32.0 Å². The third kappa shape index (κ3) is 4.23. The lowest BCUT2D eigenvalue weighted by Crippen LogP contribution is -2.43. The predicted molar refractivity (Wildman–Crippen MR) is 111 cm³/mol. The first kappa shape index (κ1) is 21.1. The standard InChI is InChI=1S/C21H26N2O5S/c1-14-7-8-15(2)17(12-14)22-21(24)18-6-5-11-23(18)29(25,26)16-9-10-19(27-3)20(13-16)28-4/h7-10,12-13,18H,5-6,11H2,1-4H3,(H,22,24). The van der Waals surface area contributed by atoms with Crippen LogP contribution in [0.4, 0.5) is 5.69 Å². The Hall–Kier alpha value is -2.58. The molecule has 8 heteroatoms. The maximum atomic E-state index is 13.2. The molecule has 2 aromatic rings. The second kappa shape index (κ2) is 8.42. The average molecular weight is 419 g/mol. The number of anilines is 1. The summed E-state index contributed by atoms with van der Waals surface area (Å²) in [6.45, 7) is 4.14. The van der Waals surface area contributed by atoms with Crippen molar-refractivity contribution in [1.82, 2.24) is 4.31 Å². The fraction of sp³-hybridized carbons (Fsp3) is 0.381. The number of hydrogen-bond acceptors (Lipinski definition) is 5. The molecule has 1 aliphatic rings. The van der Waals surface area contributed by atoms with Crippen LogP contribution in [-0.4, -0.2) is 45.4 Å². The number of nitrogens with zero attached hydrogens (tertiary/aromatic N) is 1. The zero-order valence-corrected chi connectivity index (χ0v) is 17.9. The van der Waals surface area contributed by atoms with E-state index in [-0.39, 0.29) is 10.8 Å². The van der Waals surface area contributed by atoms with Crippen molar-refractivity contribution in [2.24, 2.45) is 0 Å². The second-order valence-corrected chi connectivity index (χ2v) is 8.99. The molecular formula is C21H26N2O5S. The summed E-state index contributed by atoms with van der Waals surface area (Å²) in [5.74, 6) is 0.446. The van der Waals surface area contributed by atoms with Crippen molar-refractivity contribution in [2.45, 2.75) is 37.6 Å². The van der Waals surface area contributed by atoms with Gasteiger partial charge in [-0.3, -0.25) is 4.79 Å². The molecule has 1 amide bonds. The van der Waals surface area contributed by atoms with Crippen molar-refractivity contribution in [2.75, 3.05) is 26.1 Å². The van der Waals surface area contributed by atoms with Crippen LogP contribution in [0.15, 0.2) is 41.3 Å². The number of rotatable bonds is 6. The number of carbonyl (C=O) groups is 1. The number of nitrogens with one attached hydrogen (secondary N) is 1. The van der Waals surface area contributed by atoms with Crippen LogP contribution < -0.4 is 14.8 Å². The van der Waals surface area contributed by atoms with E-state index < -0.39 is 16.1 Å². The molecule has 3 rings (SSSR count). The largest absolute Gasteiger partial charge is 0.493 e. The van der Waals surface area contributed by atoms with Gasteiger partial charge in [0.15, 0.2) is 11.5 Å². The van der Waals surface area contributed by atoms with Gasteiger partial charge in [0.2, 0.25) is 15.9 Å². The molecule has 0 saturated carbocycles. The van der Waals surface area contributed by atoms with Crippen molar-refractivity contribution in [3.05, 3.63) is 47.5 Å². The van der Waals surface area contributed by atoms with Gasteiger partial charge < -0.3 is 14.8 Å². The lowest BCUT2D eigenvalue weighted by molar-refractivity contribution is -0.119. The molecule has 0 radical (unpaired) electrons. The summed E-state index contributed by atoms with van der Waals surface area (Å²) in [6, 6.07) is 9.46. The summed E-state index contributed by atoms with van der Waals surface area (Å²) in [4.78, 5) is 13.0. The molecule has 29 heavy (non-hydrogen) atoms. The van der Waals surface area contributed by atoms with Crippen LogP contribution in [0, 0.1) is 13.8 Å². The van der Waals surface area contributed by atoms with Gasteiger partial charge in [0.25, 0.3) is 0 Å². The minimum Gasteiger partial charge on any atom is -0.493 e. The van der Waals surface area contributed by atoms with Crippen LogP contribution in [-0.2, 0) is 14.8 Å². The second-order valence-electron chi connectivity index (χ2n) is 7.10. The third-order valence-electron chi connectivity index (χ3n) is 5.12. The van der Waals surface area contributed by atoms with E-state index >= 15 is 0 Å². The van der Waals surface area contributed by atoms with Gasteiger partial charge in [-0.15, -0.1) is 0 Å². The molecule has 1 heterocycles. The zero-order valence-electron chi connectivity index (χ0n) is 17.1. The monoisotopic (exact) mass is 418 g/mol. The Labute approximate surface area is 171 Å². The van der Waals surface area contributed by atoms with Crippen LogP contribution in [0.25, 0.3) is 0 Å². The van der Waals surface area contributed by atoms with E-state index in [4.69, 9.17) is 9.47 Å². The summed E-state index contributed by atoms with van der Waals surface area (Å²) < 4.78 is 38.2. The maximum absolute atomic E-state index is 13.2. The predicted octanol–water partition coefficient (Wildman–Crippen LogP) is 3.11. The molecule has 1 unspecified atom stereocenters. The first-order chi connectivity index (χ1) is 13.8. The van der Waals surface area contributed by atoms with Gasteiger partial charge in [-0.1, -0.05) is 12.1 Å². The molecule has 156 valence electrons. The Kier molecular flexibility index (Phi) is 6.14. The first-order valence-electron chi connectivity index (χ1n) is 9.40. The first-order valence-corrected chi connectivity index (χ1v) is 10.8. The molecule has 0 aromatic heterocycles. The average Bonchev–Trinajstić information content (AvgIpc) is 3.21. The van der Waals surface area contributed by atoms with E-state index in [9.17, 15) is 13.2 Å². The van der Waals surface area contributed by atoms with Gasteiger partial charge in [0.1, 0.15) is 6.04 Å². The SMILES string of the molecule is COc1ccc(S(=O)(=O)N2CCCC2C(=O)Nc2cc(C)ccc2C)cc1OC. The highest BCUT2D eigenvalue weighted by molar-refractivity contribution is 7.89. The number of hydrogen-bond donors (Lipinski definition) is 1. The van der Waals surface area contributed by atoms with E-state index in [1.54, 1.807) is 6.07 Å². The van der Waals surface area contributed by atoms with Crippen LogP contribution in [0.5, 0.6) is 11.5 Å². The quantitative estimate of drug-likeness (QED) is 0.779. The van der Waals surface area contributed by atoms with Crippen molar-refractivity contribution in [3.63, 3.8) is 0 Å². The van der Waals surface area contributed by atoms with E-state index in [0.29, 0.717) is 36.6 Å². The number of carbonyl (C=O) groups excluding carboxylic acids is 1. The van der Waals surface area contributed by atoms with Crippen LogP contribution in [0.2, 0.25) is 0 Å². The highest BCUT2D eigenvalue weighted by Crippen LogP contribution is 2.33.